The van der Waals surface area contributed by atoms with Gasteiger partial charge in [0.25, 0.3) is 0 Å². The number of nitrogens with one attached hydrogen (secondary N) is 1. The SMILES string of the molecule is CCNC(C)c1ccn(CCCCC(C)(C)C#N)c1. The molecule has 19 heavy (non-hydrogen) atoms. The van der Waals surface area contributed by atoms with Crippen molar-refractivity contribution in [1.29, 1.82) is 5.26 Å². The summed E-state index contributed by atoms with van der Waals surface area (Å²) in [5, 5.41) is 12.4. The molecule has 0 amide bonds. The van der Waals surface area contributed by atoms with Gasteiger partial charge >= 0.3 is 0 Å². The first kappa shape index (κ1) is 15.8. The molecule has 0 spiro atoms. The molecule has 0 aliphatic heterocycles. The molecular formula is C16H27N3. The molecule has 1 N–H and O–H groups in total. The van der Waals surface area contributed by atoms with Crippen molar-refractivity contribution >= 4 is 0 Å². The highest BCUT2D eigenvalue weighted by Crippen LogP contribution is 2.22. The van der Waals surface area contributed by atoms with Crippen LogP contribution in [0.2, 0.25) is 0 Å². The summed E-state index contributed by atoms with van der Waals surface area (Å²) >= 11 is 0. The second-order valence-corrected chi connectivity index (χ2v) is 5.91. The fourth-order valence-corrected chi connectivity index (χ4v) is 2.20. The fraction of sp³-hybridized carbons (Fsp3) is 0.688. The normalized spacial score (nSPS) is 13.2. The molecule has 1 rings (SSSR count). The van der Waals surface area contributed by atoms with Gasteiger partial charge in [0.05, 0.1) is 11.5 Å². The van der Waals surface area contributed by atoms with Crippen molar-refractivity contribution in [2.45, 2.75) is 59.5 Å². The molecule has 0 aliphatic rings. The van der Waals surface area contributed by atoms with Gasteiger partial charge in [-0.25, -0.2) is 0 Å². The first-order valence-corrected chi connectivity index (χ1v) is 7.29. The zero-order chi connectivity index (χ0) is 14.3. The van der Waals surface area contributed by atoms with Crippen LogP contribution >= 0.6 is 0 Å². The second-order valence-electron chi connectivity index (χ2n) is 5.91. The van der Waals surface area contributed by atoms with E-state index in [-0.39, 0.29) is 5.41 Å². The van der Waals surface area contributed by atoms with Gasteiger partial charge in [-0.1, -0.05) is 13.3 Å². The van der Waals surface area contributed by atoms with E-state index in [0.29, 0.717) is 6.04 Å². The third-order valence-electron chi connectivity index (χ3n) is 3.55. The van der Waals surface area contributed by atoms with Crippen LogP contribution in [0.4, 0.5) is 0 Å². The van der Waals surface area contributed by atoms with E-state index in [1.165, 1.54) is 5.56 Å². The predicted molar refractivity (Wildman–Crippen MR) is 79.8 cm³/mol. The molecule has 3 nitrogen and oxygen atoms in total. The fourth-order valence-electron chi connectivity index (χ4n) is 2.20. The second kappa shape index (κ2) is 7.35. The summed E-state index contributed by atoms with van der Waals surface area (Å²) in [4.78, 5) is 0. The number of aryl methyl sites for hydroxylation is 1. The Balaban J connectivity index is 2.33. The van der Waals surface area contributed by atoms with Gasteiger partial charge < -0.3 is 9.88 Å². The van der Waals surface area contributed by atoms with Crippen LogP contribution in [0.25, 0.3) is 0 Å². The zero-order valence-electron chi connectivity index (χ0n) is 12.7. The Labute approximate surface area is 117 Å². The summed E-state index contributed by atoms with van der Waals surface area (Å²) < 4.78 is 2.25. The van der Waals surface area contributed by atoms with E-state index in [2.05, 4.69) is 48.3 Å². The lowest BCUT2D eigenvalue weighted by atomic mass is 9.89. The minimum Gasteiger partial charge on any atom is -0.354 e. The molecule has 3 heteroatoms. The summed E-state index contributed by atoms with van der Waals surface area (Å²) in [6.45, 7) is 10.4. The van der Waals surface area contributed by atoms with Crippen LogP contribution in [0.3, 0.4) is 0 Å². The minimum atomic E-state index is -0.179. The zero-order valence-corrected chi connectivity index (χ0v) is 12.7. The van der Waals surface area contributed by atoms with Crippen LogP contribution in [0.1, 0.15) is 58.6 Å². The monoisotopic (exact) mass is 261 g/mol. The Bertz CT molecular complexity index is 412. The molecule has 0 aromatic carbocycles. The predicted octanol–water partition coefficient (Wildman–Crippen LogP) is 3.88. The van der Waals surface area contributed by atoms with Crippen LogP contribution in [0, 0.1) is 16.7 Å². The van der Waals surface area contributed by atoms with Crippen molar-refractivity contribution in [3.63, 3.8) is 0 Å². The third kappa shape index (κ3) is 5.48. The quantitative estimate of drug-likeness (QED) is 0.721. The van der Waals surface area contributed by atoms with E-state index in [1.54, 1.807) is 0 Å². The van der Waals surface area contributed by atoms with E-state index in [0.717, 1.165) is 32.4 Å². The summed E-state index contributed by atoms with van der Waals surface area (Å²) in [6.07, 6.45) is 7.60. The van der Waals surface area contributed by atoms with Crippen LogP contribution in [0.15, 0.2) is 18.5 Å². The van der Waals surface area contributed by atoms with Crippen molar-refractivity contribution in [3.8, 4) is 6.07 Å². The Hall–Kier alpha value is -1.27. The highest BCUT2D eigenvalue weighted by molar-refractivity contribution is 5.14. The van der Waals surface area contributed by atoms with Crippen molar-refractivity contribution in [2.75, 3.05) is 6.54 Å². The number of hydrogen-bond acceptors (Lipinski definition) is 2. The van der Waals surface area contributed by atoms with Gasteiger partial charge in [-0.2, -0.15) is 5.26 Å². The molecule has 0 radical (unpaired) electrons. The highest BCUT2D eigenvalue weighted by Gasteiger charge is 2.15. The number of hydrogen-bond donors (Lipinski definition) is 1. The maximum Gasteiger partial charge on any atom is 0.0683 e. The average Bonchev–Trinajstić information content (AvgIpc) is 2.84. The first-order valence-electron chi connectivity index (χ1n) is 7.29. The van der Waals surface area contributed by atoms with Crippen molar-refractivity contribution in [3.05, 3.63) is 24.0 Å². The van der Waals surface area contributed by atoms with Gasteiger partial charge in [-0.05, 0) is 51.8 Å². The molecule has 1 heterocycles. The Morgan fingerprint density at radius 2 is 2.16 bits per heavy atom. The highest BCUT2D eigenvalue weighted by atomic mass is 15.0. The standard InChI is InChI=1S/C16H27N3/c1-5-18-14(2)15-8-11-19(12-15)10-7-6-9-16(3,4)13-17/h8,11-12,14,18H,5-7,9-10H2,1-4H3. The molecular weight excluding hydrogens is 234 g/mol. The van der Waals surface area contributed by atoms with Crippen LogP contribution in [0.5, 0.6) is 0 Å². The summed E-state index contributed by atoms with van der Waals surface area (Å²) in [6, 6.07) is 4.97. The molecule has 0 saturated carbocycles. The van der Waals surface area contributed by atoms with Crippen molar-refractivity contribution in [2.24, 2.45) is 5.41 Å². The Kier molecular flexibility index (Phi) is 6.11. The molecule has 0 fully saturated rings. The summed E-state index contributed by atoms with van der Waals surface area (Å²) in [5.41, 5.74) is 1.17. The van der Waals surface area contributed by atoms with E-state index in [1.807, 2.05) is 13.8 Å². The van der Waals surface area contributed by atoms with E-state index in [4.69, 9.17) is 5.26 Å². The number of nitrogens with zero attached hydrogens (tertiary/aromatic N) is 2. The summed E-state index contributed by atoms with van der Waals surface area (Å²) in [7, 11) is 0. The van der Waals surface area contributed by atoms with Gasteiger partial charge in [0.1, 0.15) is 0 Å². The molecule has 1 atom stereocenters. The maximum atomic E-state index is 8.96. The lowest BCUT2D eigenvalue weighted by Gasteiger charge is -2.14. The van der Waals surface area contributed by atoms with Crippen LogP contribution < -0.4 is 5.32 Å². The van der Waals surface area contributed by atoms with E-state index < -0.39 is 0 Å². The maximum absolute atomic E-state index is 8.96. The third-order valence-corrected chi connectivity index (χ3v) is 3.55. The van der Waals surface area contributed by atoms with Gasteiger partial charge in [0, 0.05) is 25.0 Å². The van der Waals surface area contributed by atoms with Crippen molar-refractivity contribution in [1.82, 2.24) is 9.88 Å². The van der Waals surface area contributed by atoms with Crippen molar-refractivity contribution < 1.29 is 0 Å². The Morgan fingerprint density at radius 3 is 2.79 bits per heavy atom. The van der Waals surface area contributed by atoms with Crippen LogP contribution in [-0.2, 0) is 6.54 Å². The van der Waals surface area contributed by atoms with Gasteiger partial charge in [-0.15, -0.1) is 0 Å². The number of rotatable bonds is 8. The van der Waals surface area contributed by atoms with Crippen LogP contribution in [-0.4, -0.2) is 11.1 Å². The lowest BCUT2D eigenvalue weighted by molar-refractivity contribution is 0.417. The number of unbranched alkanes of at least 4 members (excludes halogenated alkanes) is 1. The van der Waals surface area contributed by atoms with E-state index in [9.17, 15) is 0 Å². The lowest BCUT2D eigenvalue weighted by Crippen LogP contribution is -2.17. The topological polar surface area (TPSA) is 40.8 Å². The van der Waals surface area contributed by atoms with Gasteiger partial charge in [0.2, 0.25) is 0 Å². The molecule has 0 bridgehead atoms. The molecule has 0 aliphatic carbocycles. The van der Waals surface area contributed by atoms with Gasteiger partial charge in [0.15, 0.2) is 0 Å². The minimum absolute atomic E-state index is 0.179. The molecule has 1 unspecified atom stereocenters. The summed E-state index contributed by atoms with van der Waals surface area (Å²) in [5.74, 6) is 0. The molecule has 1 aromatic rings. The molecule has 106 valence electrons. The largest absolute Gasteiger partial charge is 0.354 e. The first-order chi connectivity index (χ1) is 8.98. The van der Waals surface area contributed by atoms with E-state index >= 15 is 0 Å². The molecule has 0 saturated heterocycles. The molecule has 1 aromatic heterocycles. The number of nitriles is 1. The van der Waals surface area contributed by atoms with Gasteiger partial charge in [-0.3, -0.25) is 0 Å². The Morgan fingerprint density at radius 1 is 1.42 bits per heavy atom. The number of aromatic nitrogens is 1. The smallest absolute Gasteiger partial charge is 0.0683 e. The average molecular weight is 261 g/mol.